The molecule has 2 nitrogen and oxygen atoms in total. The number of hydrogen-bond acceptors (Lipinski definition) is 2. The second kappa shape index (κ2) is 3.45. The van der Waals surface area contributed by atoms with Gasteiger partial charge in [0.1, 0.15) is 0 Å². The standard InChI is InChI=1S/C9H10F4O2S/c10-8(11,9(12,13)16(14)15)7-4-5-1-2-6(7)3-5/h1-2,5-7,16H,3-4H2. The first-order valence-electron chi connectivity index (χ1n) is 4.85. The van der Waals surface area contributed by atoms with E-state index in [4.69, 9.17) is 0 Å². The summed E-state index contributed by atoms with van der Waals surface area (Å²) in [7, 11) is -4.46. The third-order valence-corrected chi connectivity index (χ3v) is 4.13. The lowest BCUT2D eigenvalue weighted by atomic mass is 9.87. The van der Waals surface area contributed by atoms with Crippen LogP contribution in [0.1, 0.15) is 12.8 Å². The zero-order chi connectivity index (χ0) is 12.1. The Morgan fingerprint density at radius 1 is 1.06 bits per heavy atom. The lowest BCUT2D eigenvalue weighted by Gasteiger charge is -2.31. The highest BCUT2D eigenvalue weighted by Crippen LogP contribution is 2.54. The predicted molar refractivity (Wildman–Crippen MR) is 49.1 cm³/mol. The summed E-state index contributed by atoms with van der Waals surface area (Å²) in [4.78, 5) is 0. The molecule has 0 amide bonds. The second-order valence-corrected chi connectivity index (χ2v) is 5.38. The topological polar surface area (TPSA) is 34.1 Å². The minimum absolute atomic E-state index is 0.0626. The molecule has 0 aromatic heterocycles. The molecule has 0 saturated heterocycles. The summed E-state index contributed by atoms with van der Waals surface area (Å²) in [5.41, 5.74) is 0. The van der Waals surface area contributed by atoms with Crippen molar-refractivity contribution in [1.82, 2.24) is 0 Å². The third kappa shape index (κ3) is 1.48. The Balaban J connectivity index is 2.29. The van der Waals surface area contributed by atoms with Crippen LogP contribution in [-0.4, -0.2) is 19.6 Å². The van der Waals surface area contributed by atoms with Gasteiger partial charge in [-0.3, -0.25) is 0 Å². The van der Waals surface area contributed by atoms with E-state index in [-0.39, 0.29) is 12.3 Å². The van der Waals surface area contributed by atoms with Gasteiger partial charge in [0.15, 0.2) is 0 Å². The van der Waals surface area contributed by atoms with Crippen molar-refractivity contribution in [3.8, 4) is 0 Å². The zero-order valence-electron chi connectivity index (χ0n) is 8.08. The van der Waals surface area contributed by atoms with Crippen LogP contribution in [0.4, 0.5) is 17.6 Å². The number of allylic oxidation sites excluding steroid dienone is 2. The van der Waals surface area contributed by atoms with Gasteiger partial charge in [-0.2, -0.15) is 17.6 Å². The number of thiol groups is 1. The third-order valence-electron chi connectivity index (χ3n) is 3.37. The molecule has 0 aromatic carbocycles. The number of fused-ring (bicyclic) bond motifs is 2. The number of hydrogen-bond donors (Lipinski definition) is 1. The van der Waals surface area contributed by atoms with E-state index in [0.29, 0.717) is 6.42 Å². The quantitative estimate of drug-likeness (QED) is 0.477. The minimum Gasteiger partial charge on any atom is -0.225 e. The average molecular weight is 258 g/mol. The van der Waals surface area contributed by atoms with Crippen LogP contribution in [0, 0.1) is 17.8 Å². The molecule has 2 aliphatic carbocycles. The summed E-state index contributed by atoms with van der Waals surface area (Å²) in [6.07, 6.45) is 3.58. The maximum Gasteiger partial charge on any atom is 0.404 e. The van der Waals surface area contributed by atoms with E-state index < -0.39 is 33.7 Å². The minimum atomic E-state index is -4.95. The lowest BCUT2D eigenvalue weighted by Crippen LogP contribution is -2.48. The van der Waals surface area contributed by atoms with Gasteiger partial charge in [-0.05, 0) is 24.7 Å². The van der Waals surface area contributed by atoms with Crippen molar-refractivity contribution in [1.29, 1.82) is 0 Å². The fraction of sp³-hybridized carbons (Fsp3) is 0.778. The first-order valence-corrected chi connectivity index (χ1v) is 6.03. The molecular formula is C9H10F4O2S. The Morgan fingerprint density at radius 3 is 2.06 bits per heavy atom. The first-order chi connectivity index (χ1) is 7.26. The number of alkyl halides is 4. The SMILES string of the molecule is O=[SH](=O)C(F)(F)C(F)(F)C1CC2C=CC1C2. The van der Waals surface area contributed by atoms with Crippen molar-refractivity contribution >= 4 is 10.7 Å². The van der Waals surface area contributed by atoms with Crippen molar-refractivity contribution in [2.75, 3.05) is 0 Å². The molecular weight excluding hydrogens is 248 g/mol. The molecule has 7 heteroatoms. The number of rotatable bonds is 3. The fourth-order valence-corrected chi connectivity index (χ4v) is 2.95. The summed E-state index contributed by atoms with van der Waals surface area (Å²) < 4.78 is 73.2. The molecule has 0 N–H and O–H groups in total. The van der Waals surface area contributed by atoms with Gasteiger partial charge >= 0.3 is 11.2 Å². The van der Waals surface area contributed by atoms with Crippen LogP contribution in [0.5, 0.6) is 0 Å². The van der Waals surface area contributed by atoms with Gasteiger partial charge in [0, 0.05) is 5.92 Å². The summed E-state index contributed by atoms with van der Waals surface area (Å²) in [6.45, 7) is 0. The largest absolute Gasteiger partial charge is 0.404 e. The van der Waals surface area contributed by atoms with Crippen LogP contribution in [-0.2, 0) is 10.7 Å². The van der Waals surface area contributed by atoms with E-state index in [1.807, 2.05) is 0 Å². The Bertz CT molecular complexity index is 394. The monoisotopic (exact) mass is 258 g/mol. The Hall–Kier alpha value is -0.590. The van der Waals surface area contributed by atoms with Crippen molar-refractivity contribution in [3.05, 3.63) is 12.2 Å². The van der Waals surface area contributed by atoms with Crippen LogP contribution >= 0.6 is 0 Å². The maximum absolute atomic E-state index is 13.4. The van der Waals surface area contributed by atoms with Crippen molar-refractivity contribution in [3.63, 3.8) is 0 Å². The molecule has 0 heterocycles. The second-order valence-electron chi connectivity index (χ2n) is 4.31. The molecule has 1 fully saturated rings. The van der Waals surface area contributed by atoms with Crippen LogP contribution in [0.2, 0.25) is 0 Å². The van der Waals surface area contributed by atoms with Crippen molar-refractivity contribution in [2.45, 2.75) is 24.0 Å². The average Bonchev–Trinajstić information content (AvgIpc) is 2.77. The van der Waals surface area contributed by atoms with Crippen LogP contribution in [0.15, 0.2) is 12.2 Å². The fourth-order valence-electron chi connectivity index (χ4n) is 2.54. The van der Waals surface area contributed by atoms with Gasteiger partial charge in [-0.25, -0.2) is 8.42 Å². The Kier molecular flexibility index (Phi) is 2.56. The van der Waals surface area contributed by atoms with E-state index in [2.05, 4.69) is 0 Å². The maximum atomic E-state index is 13.4. The summed E-state index contributed by atoms with van der Waals surface area (Å²) >= 11 is 0. The molecule has 1 saturated carbocycles. The normalized spacial score (nSPS) is 33.9. The van der Waals surface area contributed by atoms with Crippen molar-refractivity contribution in [2.24, 2.45) is 17.8 Å². The van der Waals surface area contributed by atoms with E-state index in [1.54, 1.807) is 6.08 Å². The Labute approximate surface area is 91.3 Å². The van der Waals surface area contributed by atoms with Crippen LogP contribution in [0.25, 0.3) is 0 Å². The zero-order valence-corrected chi connectivity index (χ0v) is 8.97. The predicted octanol–water partition coefficient (Wildman–Crippen LogP) is 2.04. The molecule has 3 atom stereocenters. The molecule has 2 bridgehead atoms. The van der Waals surface area contributed by atoms with Gasteiger partial charge in [-0.15, -0.1) is 0 Å². The van der Waals surface area contributed by atoms with Crippen LogP contribution < -0.4 is 0 Å². The van der Waals surface area contributed by atoms with Crippen molar-refractivity contribution < 1.29 is 26.0 Å². The summed E-state index contributed by atoms with van der Waals surface area (Å²) in [5, 5.41) is -4.95. The summed E-state index contributed by atoms with van der Waals surface area (Å²) in [5.74, 6) is -6.78. The van der Waals surface area contributed by atoms with E-state index >= 15 is 0 Å². The Morgan fingerprint density at radius 2 is 1.69 bits per heavy atom. The van der Waals surface area contributed by atoms with Crippen LogP contribution in [0.3, 0.4) is 0 Å². The molecule has 2 rings (SSSR count). The number of halogens is 4. The van der Waals surface area contributed by atoms with E-state index in [9.17, 15) is 26.0 Å². The molecule has 0 radical (unpaired) electrons. The van der Waals surface area contributed by atoms with Gasteiger partial charge in [0.2, 0.25) is 10.7 Å². The molecule has 3 unspecified atom stereocenters. The highest BCUT2D eigenvalue weighted by atomic mass is 32.2. The molecule has 0 aromatic rings. The van der Waals surface area contributed by atoms with Gasteiger partial charge < -0.3 is 0 Å². The molecule has 16 heavy (non-hydrogen) atoms. The molecule has 0 aliphatic heterocycles. The molecule has 92 valence electrons. The van der Waals surface area contributed by atoms with Gasteiger partial charge in [-0.1, -0.05) is 12.2 Å². The van der Waals surface area contributed by atoms with E-state index in [1.165, 1.54) is 6.08 Å². The lowest BCUT2D eigenvalue weighted by molar-refractivity contribution is -0.193. The first kappa shape index (κ1) is 11.9. The smallest absolute Gasteiger partial charge is 0.225 e. The highest BCUT2D eigenvalue weighted by Gasteiger charge is 2.66. The van der Waals surface area contributed by atoms with E-state index in [0.717, 1.165) is 0 Å². The van der Waals surface area contributed by atoms with Gasteiger partial charge in [0.05, 0.1) is 0 Å². The van der Waals surface area contributed by atoms with Gasteiger partial charge in [0.25, 0.3) is 0 Å². The summed E-state index contributed by atoms with van der Waals surface area (Å²) in [6, 6.07) is 0. The molecule has 2 aliphatic rings. The highest BCUT2D eigenvalue weighted by molar-refractivity contribution is 7.73. The molecule has 0 spiro atoms.